The maximum Gasteiger partial charge on any atom is 0.265 e. The standard InChI is InChI=1S/C10H6N4O/c11-5-8-4-9(15)13-14-10(8)7-2-1-3-12-6-7/h1-4,6H,(H,13,15). The number of aromatic amines is 1. The number of rotatable bonds is 1. The molecule has 0 aliphatic rings. The van der Waals surface area contributed by atoms with Gasteiger partial charge in [-0.15, -0.1) is 0 Å². The van der Waals surface area contributed by atoms with E-state index in [2.05, 4.69) is 15.2 Å². The first kappa shape index (κ1) is 9.09. The van der Waals surface area contributed by atoms with Gasteiger partial charge in [-0.2, -0.15) is 10.4 Å². The fourth-order valence-electron chi connectivity index (χ4n) is 1.21. The van der Waals surface area contributed by atoms with Crippen LogP contribution in [-0.4, -0.2) is 15.2 Å². The molecule has 2 aromatic rings. The second kappa shape index (κ2) is 3.72. The normalized spacial score (nSPS) is 9.53. The third-order valence-electron chi connectivity index (χ3n) is 1.86. The second-order valence-electron chi connectivity index (χ2n) is 2.85. The van der Waals surface area contributed by atoms with Crippen molar-refractivity contribution < 1.29 is 0 Å². The van der Waals surface area contributed by atoms with Crippen LogP contribution in [0.5, 0.6) is 0 Å². The highest BCUT2D eigenvalue weighted by Crippen LogP contribution is 2.16. The van der Waals surface area contributed by atoms with E-state index in [0.29, 0.717) is 11.3 Å². The predicted molar refractivity (Wildman–Crippen MR) is 52.8 cm³/mol. The van der Waals surface area contributed by atoms with E-state index in [0.717, 1.165) is 0 Å². The van der Waals surface area contributed by atoms with Crippen LogP contribution >= 0.6 is 0 Å². The molecule has 0 bridgehead atoms. The van der Waals surface area contributed by atoms with Gasteiger partial charge in [-0.3, -0.25) is 9.78 Å². The highest BCUT2D eigenvalue weighted by atomic mass is 16.1. The molecule has 0 atom stereocenters. The third-order valence-corrected chi connectivity index (χ3v) is 1.86. The average Bonchev–Trinajstić information content (AvgIpc) is 2.30. The van der Waals surface area contributed by atoms with Crippen LogP contribution in [0.4, 0.5) is 0 Å². The minimum atomic E-state index is -0.390. The maximum absolute atomic E-state index is 10.9. The molecule has 0 spiro atoms. The van der Waals surface area contributed by atoms with Gasteiger partial charge >= 0.3 is 0 Å². The molecule has 2 rings (SSSR count). The zero-order valence-corrected chi connectivity index (χ0v) is 7.64. The first-order valence-electron chi connectivity index (χ1n) is 4.21. The zero-order valence-electron chi connectivity index (χ0n) is 7.64. The Hall–Kier alpha value is -2.48. The Morgan fingerprint density at radius 2 is 2.33 bits per heavy atom. The van der Waals surface area contributed by atoms with Crippen LogP contribution in [-0.2, 0) is 0 Å². The van der Waals surface area contributed by atoms with Gasteiger partial charge in [0.15, 0.2) is 0 Å². The van der Waals surface area contributed by atoms with E-state index in [-0.39, 0.29) is 11.1 Å². The SMILES string of the molecule is N#Cc1cc(=O)[nH]nc1-c1cccnc1. The lowest BCUT2D eigenvalue weighted by Crippen LogP contribution is -2.08. The van der Waals surface area contributed by atoms with E-state index in [1.807, 2.05) is 6.07 Å². The highest BCUT2D eigenvalue weighted by molar-refractivity contribution is 5.64. The molecule has 0 aliphatic carbocycles. The molecule has 0 amide bonds. The smallest absolute Gasteiger partial charge is 0.265 e. The molecule has 2 aromatic heterocycles. The summed E-state index contributed by atoms with van der Waals surface area (Å²) in [6, 6.07) is 6.65. The molecule has 0 fully saturated rings. The first-order valence-corrected chi connectivity index (χ1v) is 4.21. The van der Waals surface area contributed by atoms with Crippen molar-refractivity contribution in [3.05, 3.63) is 46.5 Å². The van der Waals surface area contributed by atoms with Crippen molar-refractivity contribution in [2.45, 2.75) is 0 Å². The van der Waals surface area contributed by atoms with E-state index in [1.54, 1.807) is 24.5 Å². The lowest BCUT2D eigenvalue weighted by Gasteiger charge is -1.99. The maximum atomic E-state index is 10.9. The van der Waals surface area contributed by atoms with Crippen molar-refractivity contribution in [2.24, 2.45) is 0 Å². The molecule has 2 heterocycles. The zero-order chi connectivity index (χ0) is 10.7. The van der Waals surface area contributed by atoms with Crippen LogP contribution in [0, 0.1) is 11.3 Å². The fraction of sp³-hybridized carbons (Fsp3) is 0. The predicted octanol–water partition coefficient (Wildman–Crippen LogP) is 0.704. The van der Waals surface area contributed by atoms with Gasteiger partial charge in [-0.1, -0.05) is 0 Å². The van der Waals surface area contributed by atoms with Crippen LogP contribution in [0.3, 0.4) is 0 Å². The fourth-order valence-corrected chi connectivity index (χ4v) is 1.21. The highest BCUT2D eigenvalue weighted by Gasteiger charge is 2.06. The Bertz CT molecular complexity index is 568. The Morgan fingerprint density at radius 1 is 1.47 bits per heavy atom. The van der Waals surface area contributed by atoms with Gasteiger partial charge in [0.05, 0.1) is 5.56 Å². The van der Waals surface area contributed by atoms with Crippen molar-refractivity contribution in [1.29, 1.82) is 5.26 Å². The number of hydrogen-bond donors (Lipinski definition) is 1. The molecular formula is C10H6N4O. The molecule has 5 nitrogen and oxygen atoms in total. The molecule has 5 heteroatoms. The van der Waals surface area contributed by atoms with E-state index >= 15 is 0 Å². The largest absolute Gasteiger partial charge is 0.268 e. The van der Waals surface area contributed by atoms with Gasteiger partial charge in [0.2, 0.25) is 0 Å². The summed E-state index contributed by atoms with van der Waals surface area (Å²) in [6.07, 6.45) is 3.21. The van der Waals surface area contributed by atoms with E-state index < -0.39 is 0 Å². The third kappa shape index (κ3) is 1.74. The van der Waals surface area contributed by atoms with Crippen LogP contribution in [0.1, 0.15) is 5.56 Å². The van der Waals surface area contributed by atoms with Gasteiger partial charge in [0, 0.05) is 24.0 Å². The number of nitriles is 1. The Morgan fingerprint density at radius 3 is 3.00 bits per heavy atom. The molecule has 1 N–H and O–H groups in total. The monoisotopic (exact) mass is 198 g/mol. The summed E-state index contributed by atoms with van der Waals surface area (Å²) in [5, 5.41) is 14.9. The molecule has 72 valence electrons. The summed E-state index contributed by atoms with van der Waals surface area (Å²) in [6.45, 7) is 0. The van der Waals surface area contributed by atoms with Crippen LogP contribution in [0.2, 0.25) is 0 Å². The van der Waals surface area contributed by atoms with Crippen LogP contribution < -0.4 is 5.56 Å². The molecular weight excluding hydrogens is 192 g/mol. The molecule has 0 aliphatic heterocycles. The number of nitrogens with zero attached hydrogens (tertiary/aromatic N) is 3. The van der Waals surface area contributed by atoms with Gasteiger partial charge in [0.1, 0.15) is 11.8 Å². The summed E-state index contributed by atoms with van der Waals surface area (Å²) >= 11 is 0. The Kier molecular flexibility index (Phi) is 2.25. The summed E-state index contributed by atoms with van der Waals surface area (Å²) in [5.74, 6) is 0. The number of nitrogens with one attached hydrogen (secondary N) is 1. The van der Waals surface area contributed by atoms with Gasteiger partial charge in [-0.05, 0) is 12.1 Å². The molecule has 0 unspecified atom stereocenters. The quantitative estimate of drug-likeness (QED) is 0.731. The molecule has 0 saturated heterocycles. The second-order valence-corrected chi connectivity index (χ2v) is 2.85. The van der Waals surface area contributed by atoms with E-state index in [4.69, 9.17) is 5.26 Å². The van der Waals surface area contributed by atoms with Crippen LogP contribution in [0.15, 0.2) is 35.4 Å². The average molecular weight is 198 g/mol. The number of pyridine rings is 1. The Balaban J connectivity index is 2.65. The Labute approximate surface area is 85.0 Å². The topological polar surface area (TPSA) is 82.4 Å². The summed E-state index contributed by atoms with van der Waals surface area (Å²) < 4.78 is 0. The van der Waals surface area contributed by atoms with E-state index in [9.17, 15) is 4.79 Å². The summed E-state index contributed by atoms with van der Waals surface area (Å²) in [7, 11) is 0. The van der Waals surface area contributed by atoms with Crippen molar-refractivity contribution in [3.63, 3.8) is 0 Å². The van der Waals surface area contributed by atoms with E-state index in [1.165, 1.54) is 6.07 Å². The number of hydrogen-bond acceptors (Lipinski definition) is 4. The summed E-state index contributed by atoms with van der Waals surface area (Å²) in [5.41, 5.74) is 0.987. The van der Waals surface area contributed by atoms with Crippen molar-refractivity contribution in [2.75, 3.05) is 0 Å². The lowest BCUT2D eigenvalue weighted by atomic mass is 10.1. The molecule has 15 heavy (non-hydrogen) atoms. The number of H-pyrrole nitrogens is 1. The lowest BCUT2D eigenvalue weighted by molar-refractivity contribution is 0.988. The van der Waals surface area contributed by atoms with Crippen molar-refractivity contribution in [3.8, 4) is 17.3 Å². The van der Waals surface area contributed by atoms with Crippen molar-refractivity contribution >= 4 is 0 Å². The molecule has 0 saturated carbocycles. The summed E-state index contributed by atoms with van der Waals surface area (Å²) in [4.78, 5) is 14.9. The number of aromatic nitrogens is 3. The molecule has 0 radical (unpaired) electrons. The molecule has 0 aromatic carbocycles. The van der Waals surface area contributed by atoms with Crippen LogP contribution in [0.25, 0.3) is 11.3 Å². The minimum Gasteiger partial charge on any atom is -0.268 e. The van der Waals surface area contributed by atoms with Gasteiger partial charge in [-0.25, -0.2) is 5.10 Å². The van der Waals surface area contributed by atoms with Gasteiger partial charge < -0.3 is 0 Å². The minimum absolute atomic E-state index is 0.242. The first-order chi connectivity index (χ1) is 7.31. The van der Waals surface area contributed by atoms with Gasteiger partial charge in [0.25, 0.3) is 5.56 Å². The van der Waals surface area contributed by atoms with Crippen molar-refractivity contribution in [1.82, 2.24) is 15.2 Å².